The van der Waals surface area contributed by atoms with Crippen LogP contribution >= 0.6 is 0 Å². The SMILES string of the molecule is CNCCc1c[nH]c2cccc(/C=C/C(C)(C)O)c12. The second-order valence-corrected chi connectivity index (χ2v) is 5.42. The lowest BCUT2D eigenvalue weighted by Crippen LogP contribution is -2.13. The summed E-state index contributed by atoms with van der Waals surface area (Å²) in [6.07, 6.45) is 6.89. The van der Waals surface area contributed by atoms with Crippen molar-refractivity contribution in [2.24, 2.45) is 0 Å². The fraction of sp³-hybridized carbons (Fsp3) is 0.375. The highest BCUT2D eigenvalue weighted by atomic mass is 16.3. The topological polar surface area (TPSA) is 48.0 Å². The van der Waals surface area contributed by atoms with Crippen molar-refractivity contribution in [3.05, 3.63) is 41.6 Å². The van der Waals surface area contributed by atoms with E-state index in [-0.39, 0.29) is 0 Å². The molecule has 0 bridgehead atoms. The number of likely N-dealkylation sites (N-methyl/N-ethyl adjacent to an activating group) is 1. The van der Waals surface area contributed by atoms with Gasteiger partial charge in [-0.2, -0.15) is 0 Å². The molecule has 2 aromatic rings. The quantitative estimate of drug-likeness (QED) is 0.772. The summed E-state index contributed by atoms with van der Waals surface area (Å²) in [6, 6.07) is 6.20. The first-order valence-corrected chi connectivity index (χ1v) is 6.66. The van der Waals surface area contributed by atoms with Gasteiger partial charge in [0.2, 0.25) is 0 Å². The minimum absolute atomic E-state index is 0.788. The van der Waals surface area contributed by atoms with Gasteiger partial charge in [-0.1, -0.05) is 24.3 Å². The van der Waals surface area contributed by atoms with Gasteiger partial charge in [-0.05, 0) is 51.1 Å². The van der Waals surface area contributed by atoms with Crippen molar-refractivity contribution in [3.8, 4) is 0 Å². The summed E-state index contributed by atoms with van der Waals surface area (Å²) < 4.78 is 0. The van der Waals surface area contributed by atoms with Crippen molar-refractivity contribution in [2.45, 2.75) is 25.9 Å². The van der Waals surface area contributed by atoms with E-state index in [2.05, 4.69) is 28.6 Å². The number of aromatic nitrogens is 1. The molecule has 0 saturated carbocycles. The lowest BCUT2D eigenvalue weighted by atomic mass is 10.0. The average Bonchev–Trinajstić information content (AvgIpc) is 2.76. The van der Waals surface area contributed by atoms with E-state index in [0.717, 1.165) is 24.0 Å². The van der Waals surface area contributed by atoms with E-state index >= 15 is 0 Å². The molecule has 0 spiro atoms. The summed E-state index contributed by atoms with van der Waals surface area (Å²) in [7, 11) is 1.96. The molecule has 0 unspecified atom stereocenters. The van der Waals surface area contributed by atoms with E-state index in [1.165, 1.54) is 10.9 Å². The molecule has 0 aliphatic carbocycles. The average molecular weight is 258 g/mol. The van der Waals surface area contributed by atoms with Gasteiger partial charge in [-0.3, -0.25) is 0 Å². The molecular formula is C16H22N2O. The van der Waals surface area contributed by atoms with Gasteiger partial charge in [-0.25, -0.2) is 0 Å². The van der Waals surface area contributed by atoms with Crippen LogP contribution in [-0.2, 0) is 6.42 Å². The first-order valence-electron chi connectivity index (χ1n) is 6.66. The Hall–Kier alpha value is -1.58. The van der Waals surface area contributed by atoms with E-state index in [1.54, 1.807) is 13.8 Å². The maximum absolute atomic E-state index is 9.81. The number of benzene rings is 1. The van der Waals surface area contributed by atoms with E-state index in [4.69, 9.17) is 0 Å². The molecule has 0 radical (unpaired) electrons. The third-order valence-electron chi connectivity index (χ3n) is 3.13. The summed E-state index contributed by atoms with van der Waals surface area (Å²) in [5.74, 6) is 0. The van der Waals surface area contributed by atoms with Crippen LogP contribution in [0.2, 0.25) is 0 Å². The fourth-order valence-electron chi connectivity index (χ4n) is 2.18. The number of hydrogen-bond donors (Lipinski definition) is 3. The van der Waals surface area contributed by atoms with Gasteiger partial charge in [0.15, 0.2) is 0 Å². The Labute approximate surface area is 114 Å². The Kier molecular flexibility index (Phi) is 4.08. The van der Waals surface area contributed by atoms with Crippen molar-refractivity contribution in [1.82, 2.24) is 10.3 Å². The second-order valence-electron chi connectivity index (χ2n) is 5.42. The standard InChI is InChI=1S/C16H22N2O/c1-16(2,19)9-7-12-5-4-6-14-15(12)13(11-18-14)8-10-17-3/h4-7,9,11,17-19H,8,10H2,1-3H3/b9-7+. The number of aliphatic hydroxyl groups is 1. The van der Waals surface area contributed by atoms with Gasteiger partial charge < -0.3 is 15.4 Å². The van der Waals surface area contributed by atoms with E-state index in [1.807, 2.05) is 25.3 Å². The highest BCUT2D eigenvalue weighted by Crippen LogP contribution is 2.24. The summed E-state index contributed by atoms with van der Waals surface area (Å²) in [5, 5.41) is 14.2. The third-order valence-corrected chi connectivity index (χ3v) is 3.13. The number of rotatable bonds is 5. The van der Waals surface area contributed by atoms with Crippen LogP contribution in [0.15, 0.2) is 30.5 Å². The van der Waals surface area contributed by atoms with Gasteiger partial charge in [-0.15, -0.1) is 0 Å². The lowest BCUT2D eigenvalue weighted by molar-refractivity contribution is 0.134. The van der Waals surface area contributed by atoms with Crippen molar-refractivity contribution < 1.29 is 5.11 Å². The Morgan fingerprint density at radius 1 is 1.37 bits per heavy atom. The van der Waals surface area contributed by atoms with Crippen LogP contribution in [0.4, 0.5) is 0 Å². The largest absolute Gasteiger partial charge is 0.386 e. The Balaban J connectivity index is 2.42. The molecule has 1 heterocycles. The molecule has 102 valence electrons. The Bertz CT molecular complexity index is 576. The first-order chi connectivity index (χ1) is 9.01. The minimum Gasteiger partial charge on any atom is -0.386 e. The summed E-state index contributed by atoms with van der Waals surface area (Å²) in [4.78, 5) is 3.31. The Morgan fingerprint density at radius 2 is 2.16 bits per heavy atom. The van der Waals surface area contributed by atoms with Crippen LogP contribution in [0.25, 0.3) is 17.0 Å². The second kappa shape index (κ2) is 5.59. The first kappa shape index (κ1) is 13.8. The van der Waals surface area contributed by atoms with Gasteiger partial charge in [0.05, 0.1) is 5.60 Å². The predicted molar refractivity (Wildman–Crippen MR) is 81.3 cm³/mol. The zero-order valence-corrected chi connectivity index (χ0v) is 11.8. The van der Waals surface area contributed by atoms with Crippen molar-refractivity contribution in [2.75, 3.05) is 13.6 Å². The van der Waals surface area contributed by atoms with Crippen LogP contribution in [0.1, 0.15) is 25.0 Å². The number of aromatic amines is 1. The summed E-state index contributed by atoms with van der Waals surface area (Å²) in [6.45, 7) is 4.52. The number of H-pyrrole nitrogens is 1. The molecule has 2 rings (SSSR count). The zero-order valence-electron chi connectivity index (χ0n) is 11.8. The van der Waals surface area contributed by atoms with Crippen molar-refractivity contribution in [1.29, 1.82) is 0 Å². The molecule has 1 aromatic heterocycles. The fourth-order valence-corrected chi connectivity index (χ4v) is 2.18. The molecule has 0 fully saturated rings. The third kappa shape index (κ3) is 3.46. The molecule has 0 amide bonds. The summed E-state index contributed by atoms with van der Waals surface area (Å²) >= 11 is 0. The molecular weight excluding hydrogens is 236 g/mol. The number of nitrogens with one attached hydrogen (secondary N) is 2. The molecule has 3 heteroatoms. The molecule has 0 atom stereocenters. The van der Waals surface area contributed by atoms with Gasteiger partial charge in [0.25, 0.3) is 0 Å². The highest BCUT2D eigenvalue weighted by molar-refractivity contribution is 5.91. The van der Waals surface area contributed by atoms with Crippen LogP contribution in [0, 0.1) is 0 Å². The van der Waals surface area contributed by atoms with Crippen LogP contribution < -0.4 is 5.32 Å². The molecule has 19 heavy (non-hydrogen) atoms. The predicted octanol–water partition coefficient (Wildman–Crippen LogP) is 2.71. The van der Waals surface area contributed by atoms with Crippen LogP contribution in [0.3, 0.4) is 0 Å². The van der Waals surface area contributed by atoms with E-state index in [0.29, 0.717) is 0 Å². The Morgan fingerprint density at radius 3 is 2.84 bits per heavy atom. The maximum atomic E-state index is 9.81. The summed E-state index contributed by atoms with van der Waals surface area (Å²) in [5.41, 5.74) is 2.81. The smallest absolute Gasteiger partial charge is 0.0774 e. The molecule has 0 saturated heterocycles. The van der Waals surface area contributed by atoms with Gasteiger partial charge in [0.1, 0.15) is 0 Å². The molecule has 0 aliphatic heterocycles. The van der Waals surface area contributed by atoms with E-state index < -0.39 is 5.60 Å². The molecule has 0 aliphatic rings. The minimum atomic E-state index is -0.788. The lowest BCUT2D eigenvalue weighted by Gasteiger charge is -2.10. The van der Waals surface area contributed by atoms with Gasteiger partial charge in [0, 0.05) is 17.1 Å². The van der Waals surface area contributed by atoms with Crippen molar-refractivity contribution in [3.63, 3.8) is 0 Å². The maximum Gasteiger partial charge on any atom is 0.0774 e. The van der Waals surface area contributed by atoms with Gasteiger partial charge >= 0.3 is 0 Å². The van der Waals surface area contributed by atoms with E-state index in [9.17, 15) is 5.11 Å². The van der Waals surface area contributed by atoms with Crippen LogP contribution in [-0.4, -0.2) is 29.3 Å². The number of hydrogen-bond acceptors (Lipinski definition) is 2. The highest BCUT2D eigenvalue weighted by Gasteiger charge is 2.09. The monoisotopic (exact) mass is 258 g/mol. The van der Waals surface area contributed by atoms with Crippen LogP contribution in [0.5, 0.6) is 0 Å². The molecule has 3 nitrogen and oxygen atoms in total. The molecule has 1 aromatic carbocycles. The normalized spacial score (nSPS) is 12.6. The zero-order chi connectivity index (χ0) is 13.9. The number of fused-ring (bicyclic) bond motifs is 1. The van der Waals surface area contributed by atoms with Crippen molar-refractivity contribution >= 4 is 17.0 Å². The molecule has 3 N–H and O–H groups in total.